The van der Waals surface area contributed by atoms with Gasteiger partial charge in [0.1, 0.15) is 18.5 Å². The molecule has 0 unspecified atom stereocenters. The van der Waals surface area contributed by atoms with Gasteiger partial charge in [-0.1, -0.05) is 6.07 Å². The first kappa shape index (κ1) is 20.6. The second-order valence-electron chi connectivity index (χ2n) is 8.70. The van der Waals surface area contributed by atoms with Gasteiger partial charge in [0.25, 0.3) is 0 Å². The molecule has 0 bridgehead atoms. The molecule has 2 aromatic carbocycles. The van der Waals surface area contributed by atoms with Crippen molar-refractivity contribution in [2.45, 2.75) is 13.3 Å². The Morgan fingerprint density at radius 1 is 0.941 bits per heavy atom. The number of pyridine rings is 1. The first-order chi connectivity index (χ1) is 16.7. The molecule has 0 atom stereocenters. The van der Waals surface area contributed by atoms with Gasteiger partial charge in [-0.15, -0.1) is 0 Å². The quantitative estimate of drug-likeness (QED) is 0.422. The summed E-state index contributed by atoms with van der Waals surface area (Å²) < 4.78 is 1.78. The predicted molar refractivity (Wildman–Crippen MR) is 135 cm³/mol. The molecular weight excluding hydrogens is 424 g/mol. The largest absolute Gasteiger partial charge is 0.369 e. The first-order valence-electron chi connectivity index (χ1n) is 11.6. The molecule has 1 aliphatic heterocycles. The Bertz CT molecular complexity index is 1470. The van der Waals surface area contributed by atoms with Crippen molar-refractivity contribution in [3.05, 3.63) is 84.1 Å². The Hall–Kier alpha value is -4.04. The second kappa shape index (κ2) is 8.72. The summed E-state index contributed by atoms with van der Waals surface area (Å²) in [5, 5.41) is 12.1. The monoisotopic (exact) mass is 450 g/mol. The van der Waals surface area contributed by atoms with Crippen LogP contribution in [0.4, 0.5) is 17.2 Å². The highest BCUT2D eigenvalue weighted by atomic mass is 15.3. The SMILES string of the molecule is Cc1cc(Nc2ncnc3ccc(N4CCNCC4)cc23)ccc1Cc1ccn2ncnc2c1. The number of nitrogens with one attached hydrogen (secondary N) is 2. The maximum absolute atomic E-state index is 4.56. The zero-order valence-electron chi connectivity index (χ0n) is 19.1. The lowest BCUT2D eigenvalue weighted by Crippen LogP contribution is -2.43. The Morgan fingerprint density at radius 2 is 1.85 bits per heavy atom. The average Bonchev–Trinajstić information content (AvgIpc) is 3.34. The van der Waals surface area contributed by atoms with E-state index in [0.29, 0.717) is 0 Å². The lowest BCUT2D eigenvalue weighted by molar-refractivity contribution is 0.589. The zero-order chi connectivity index (χ0) is 22.9. The fraction of sp³-hybridized carbons (Fsp3) is 0.231. The van der Waals surface area contributed by atoms with Crippen LogP contribution in [0.25, 0.3) is 16.6 Å². The number of benzene rings is 2. The van der Waals surface area contributed by atoms with E-state index >= 15 is 0 Å². The molecule has 5 aromatic rings. The first-order valence-corrected chi connectivity index (χ1v) is 11.6. The zero-order valence-corrected chi connectivity index (χ0v) is 19.1. The third-order valence-corrected chi connectivity index (χ3v) is 6.45. The van der Waals surface area contributed by atoms with E-state index in [2.05, 4.69) is 91.0 Å². The van der Waals surface area contributed by atoms with E-state index in [-0.39, 0.29) is 0 Å². The third kappa shape index (κ3) is 4.04. The van der Waals surface area contributed by atoms with Gasteiger partial charge in [-0.05, 0) is 72.5 Å². The summed E-state index contributed by atoms with van der Waals surface area (Å²) in [7, 11) is 0. The van der Waals surface area contributed by atoms with Crippen molar-refractivity contribution in [2.24, 2.45) is 0 Å². The molecule has 3 aromatic heterocycles. The number of anilines is 3. The highest BCUT2D eigenvalue weighted by molar-refractivity contribution is 5.93. The number of piperazine rings is 1. The molecule has 1 aliphatic rings. The van der Waals surface area contributed by atoms with E-state index in [1.54, 1.807) is 17.2 Å². The van der Waals surface area contributed by atoms with Crippen LogP contribution in [0.1, 0.15) is 16.7 Å². The van der Waals surface area contributed by atoms with Gasteiger partial charge in [-0.25, -0.2) is 19.5 Å². The number of aryl methyl sites for hydroxylation is 1. The van der Waals surface area contributed by atoms with E-state index < -0.39 is 0 Å². The number of nitrogens with zero attached hydrogens (tertiary/aromatic N) is 6. The number of fused-ring (bicyclic) bond motifs is 2. The van der Waals surface area contributed by atoms with Crippen LogP contribution in [0, 0.1) is 6.92 Å². The molecule has 0 amide bonds. The Kier molecular flexibility index (Phi) is 5.27. The summed E-state index contributed by atoms with van der Waals surface area (Å²) >= 11 is 0. The molecule has 4 heterocycles. The van der Waals surface area contributed by atoms with Crippen LogP contribution in [-0.4, -0.2) is 50.7 Å². The van der Waals surface area contributed by atoms with Crippen molar-refractivity contribution in [1.82, 2.24) is 29.9 Å². The molecule has 0 aliphatic carbocycles. The maximum atomic E-state index is 4.56. The topological polar surface area (TPSA) is 83.3 Å². The van der Waals surface area contributed by atoms with E-state index in [1.165, 1.54) is 22.4 Å². The number of hydrogen-bond donors (Lipinski definition) is 2. The van der Waals surface area contributed by atoms with Crippen molar-refractivity contribution in [3.63, 3.8) is 0 Å². The minimum atomic E-state index is 0.825. The van der Waals surface area contributed by atoms with Crippen molar-refractivity contribution in [3.8, 4) is 0 Å². The molecular formula is C26H26N8. The van der Waals surface area contributed by atoms with Crippen molar-refractivity contribution < 1.29 is 0 Å². The Balaban J connectivity index is 1.25. The van der Waals surface area contributed by atoms with Crippen LogP contribution in [0.5, 0.6) is 0 Å². The van der Waals surface area contributed by atoms with Crippen molar-refractivity contribution >= 4 is 33.7 Å². The van der Waals surface area contributed by atoms with Crippen LogP contribution in [0.3, 0.4) is 0 Å². The summed E-state index contributed by atoms with van der Waals surface area (Å²) in [6.07, 6.45) is 6.00. The smallest absolute Gasteiger partial charge is 0.155 e. The molecule has 34 heavy (non-hydrogen) atoms. The Morgan fingerprint density at radius 3 is 2.74 bits per heavy atom. The van der Waals surface area contributed by atoms with Gasteiger partial charge in [0.15, 0.2) is 5.65 Å². The molecule has 0 radical (unpaired) electrons. The van der Waals surface area contributed by atoms with E-state index in [4.69, 9.17) is 0 Å². The molecule has 1 saturated heterocycles. The molecule has 1 fully saturated rings. The molecule has 0 saturated carbocycles. The second-order valence-corrected chi connectivity index (χ2v) is 8.70. The summed E-state index contributed by atoms with van der Waals surface area (Å²) in [5.41, 5.74) is 7.75. The van der Waals surface area contributed by atoms with Gasteiger partial charge < -0.3 is 15.5 Å². The van der Waals surface area contributed by atoms with Crippen molar-refractivity contribution in [2.75, 3.05) is 36.4 Å². The minimum absolute atomic E-state index is 0.825. The summed E-state index contributed by atoms with van der Waals surface area (Å²) in [6, 6.07) is 17.1. The average molecular weight is 451 g/mol. The molecule has 170 valence electrons. The third-order valence-electron chi connectivity index (χ3n) is 6.45. The molecule has 6 rings (SSSR count). The summed E-state index contributed by atoms with van der Waals surface area (Å²) in [5.74, 6) is 0.825. The summed E-state index contributed by atoms with van der Waals surface area (Å²) in [4.78, 5) is 15.7. The number of rotatable bonds is 5. The van der Waals surface area contributed by atoms with E-state index in [9.17, 15) is 0 Å². The van der Waals surface area contributed by atoms with Crippen LogP contribution in [0.15, 0.2) is 67.4 Å². The molecule has 0 spiro atoms. The van der Waals surface area contributed by atoms with Gasteiger partial charge in [-0.3, -0.25) is 0 Å². The maximum Gasteiger partial charge on any atom is 0.155 e. The summed E-state index contributed by atoms with van der Waals surface area (Å²) in [6.45, 7) is 6.18. The van der Waals surface area contributed by atoms with Crippen LogP contribution in [0.2, 0.25) is 0 Å². The van der Waals surface area contributed by atoms with Crippen LogP contribution >= 0.6 is 0 Å². The fourth-order valence-corrected chi connectivity index (χ4v) is 4.56. The lowest BCUT2D eigenvalue weighted by atomic mass is 10.0. The molecule has 8 heteroatoms. The molecule has 8 nitrogen and oxygen atoms in total. The number of aromatic nitrogens is 5. The van der Waals surface area contributed by atoms with Gasteiger partial charge >= 0.3 is 0 Å². The standard InChI is InChI=1S/C26H26N8/c1-18-12-21(3-2-20(18)13-19-6-9-34-25(14-19)29-17-31-34)32-26-23-15-22(33-10-7-27-8-11-33)4-5-24(23)28-16-30-26/h2-6,9,12,14-17,27H,7-8,10-11,13H2,1H3,(H,28,30,32). The highest BCUT2D eigenvalue weighted by Gasteiger charge is 2.13. The molecule has 2 N–H and O–H groups in total. The van der Waals surface area contributed by atoms with Gasteiger partial charge in [-0.2, -0.15) is 5.10 Å². The van der Waals surface area contributed by atoms with E-state index in [0.717, 1.165) is 60.7 Å². The minimum Gasteiger partial charge on any atom is -0.369 e. The lowest BCUT2D eigenvalue weighted by Gasteiger charge is -2.29. The normalized spacial score (nSPS) is 14.1. The van der Waals surface area contributed by atoms with E-state index in [1.807, 2.05) is 6.20 Å². The number of hydrogen-bond acceptors (Lipinski definition) is 7. The highest BCUT2D eigenvalue weighted by Crippen LogP contribution is 2.28. The predicted octanol–water partition coefficient (Wildman–Crippen LogP) is 3.72. The van der Waals surface area contributed by atoms with Crippen LogP contribution < -0.4 is 15.5 Å². The fourth-order valence-electron chi connectivity index (χ4n) is 4.56. The van der Waals surface area contributed by atoms with Gasteiger partial charge in [0, 0.05) is 49.1 Å². The van der Waals surface area contributed by atoms with Crippen LogP contribution in [-0.2, 0) is 6.42 Å². The van der Waals surface area contributed by atoms with Gasteiger partial charge in [0.2, 0.25) is 0 Å². The van der Waals surface area contributed by atoms with Crippen molar-refractivity contribution in [1.29, 1.82) is 0 Å². The Labute approximate surface area is 197 Å². The van der Waals surface area contributed by atoms with Gasteiger partial charge in [0.05, 0.1) is 5.52 Å².